The molecular weight excluding hydrogens is 566 g/mol. The zero-order valence-corrected chi connectivity index (χ0v) is 17.8. The first-order chi connectivity index (χ1) is 14.0. The monoisotopic (exact) mass is 582 g/mol. The number of aromatic nitrogens is 2. The van der Waals surface area contributed by atoms with Gasteiger partial charge in [0.1, 0.15) is 11.5 Å². The van der Waals surface area contributed by atoms with Gasteiger partial charge in [-0.1, -0.05) is 41.5 Å². The van der Waals surface area contributed by atoms with Gasteiger partial charge in [0.15, 0.2) is 0 Å². The van der Waals surface area contributed by atoms with Crippen LogP contribution in [0.4, 0.5) is 8.78 Å². The zero-order chi connectivity index (χ0) is 20.6. The Bertz CT molecular complexity index is 1090. The standard InChI is InChI=1S/C17H10F2N.C6H5NO2.Ir/c18-13-6-4-12(5-7-13)16-11-14(19)8-9-15(16)17-3-1-2-10-20-17;8-6(9)5-3-1-2-4-7-5;/h1-8,10-11H;1-4H,(H,8,9);/q-1;;. The summed E-state index contributed by atoms with van der Waals surface area (Å²) in [5.41, 5.74) is 2.84. The molecule has 0 aliphatic rings. The van der Waals surface area contributed by atoms with Crippen LogP contribution in [0, 0.1) is 17.7 Å². The quantitative estimate of drug-likeness (QED) is 0.335. The van der Waals surface area contributed by atoms with Gasteiger partial charge in [0, 0.05) is 38.3 Å². The van der Waals surface area contributed by atoms with Crippen LogP contribution in [0.3, 0.4) is 0 Å². The van der Waals surface area contributed by atoms with Crippen LogP contribution >= 0.6 is 0 Å². The molecule has 0 fully saturated rings. The first-order valence-corrected chi connectivity index (χ1v) is 8.57. The first kappa shape index (κ1) is 23.0. The minimum Gasteiger partial charge on any atom is -0.477 e. The Morgan fingerprint density at radius 1 is 0.867 bits per heavy atom. The molecule has 0 aliphatic carbocycles. The maximum absolute atomic E-state index is 13.5. The predicted molar refractivity (Wildman–Crippen MR) is 105 cm³/mol. The molecule has 2 aromatic heterocycles. The van der Waals surface area contributed by atoms with Gasteiger partial charge in [0.25, 0.3) is 0 Å². The summed E-state index contributed by atoms with van der Waals surface area (Å²) in [5.74, 6) is -1.70. The number of rotatable bonds is 3. The van der Waals surface area contributed by atoms with Gasteiger partial charge in [-0.25, -0.2) is 14.2 Å². The molecule has 4 rings (SSSR count). The van der Waals surface area contributed by atoms with Gasteiger partial charge >= 0.3 is 5.97 Å². The SMILES string of the molecule is Fc1ccc(-c2cc(F)c[c-]c2-c2ccccn2)cc1.O=C(O)c1ccccn1.[Ir]. The van der Waals surface area contributed by atoms with Crippen molar-refractivity contribution in [1.82, 2.24) is 9.97 Å². The summed E-state index contributed by atoms with van der Waals surface area (Å²) in [6, 6.07) is 21.8. The number of hydrogen-bond acceptors (Lipinski definition) is 3. The Morgan fingerprint density at radius 3 is 2.07 bits per heavy atom. The molecule has 0 spiro atoms. The van der Waals surface area contributed by atoms with Crippen molar-refractivity contribution in [2.75, 3.05) is 0 Å². The third-order valence-electron chi connectivity index (χ3n) is 3.87. The van der Waals surface area contributed by atoms with Gasteiger partial charge in [-0.2, -0.15) is 0 Å². The van der Waals surface area contributed by atoms with E-state index in [1.807, 2.05) is 18.2 Å². The van der Waals surface area contributed by atoms with Gasteiger partial charge < -0.3 is 10.1 Å². The van der Waals surface area contributed by atoms with Crippen molar-refractivity contribution in [2.24, 2.45) is 0 Å². The van der Waals surface area contributed by atoms with E-state index in [0.29, 0.717) is 16.8 Å². The minimum absolute atomic E-state index is 0. The molecule has 0 saturated heterocycles. The average Bonchev–Trinajstić information content (AvgIpc) is 2.76. The van der Waals surface area contributed by atoms with E-state index in [4.69, 9.17) is 5.11 Å². The largest absolute Gasteiger partial charge is 0.477 e. The Morgan fingerprint density at radius 2 is 1.53 bits per heavy atom. The van der Waals surface area contributed by atoms with Crippen molar-refractivity contribution in [3.8, 4) is 22.4 Å². The van der Waals surface area contributed by atoms with Crippen molar-refractivity contribution >= 4 is 5.97 Å². The predicted octanol–water partition coefficient (Wildman–Crippen LogP) is 5.27. The van der Waals surface area contributed by atoms with Gasteiger partial charge in [0.05, 0.1) is 0 Å². The zero-order valence-electron chi connectivity index (χ0n) is 15.4. The summed E-state index contributed by atoms with van der Waals surface area (Å²) >= 11 is 0. The number of halogens is 2. The van der Waals surface area contributed by atoms with Gasteiger partial charge in [-0.3, -0.25) is 4.39 Å². The summed E-state index contributed by atoms with van der Waals surface area (Å²) in [5, 5.41) is 8.32. The molecular formula is C23H15F2IrN2O2-. The number of hydrogen-bond donors (Lipinski definition) is 1. The van der Waals surface area contributed by atoms with Crippen LogP contribution in [0.5, 0.6) is 0 Å². The number of nitrogens with zero attached hydrogens (tertiary/aromatic N) is 2. The summed E-state index contributed by atoms with van der Waals surface area (Å²) < 4.78 is 26.5. The van der Waals surface area contributed by atoms with E-state index in [1.54, 1.807) is 30.5 Å². The maximum atomic E-state index is 13.5. The van der Waals surface area contributed by atoms with Crippen LogP contribution in [0.1, 0.15) is 10.5 Å². The third-order valence-corrected chi connectivity index (χ3v) is 3.87. The Labute approximate surface area is 185 Å². The Balaban J connectivity index is 0.000000272. The molecule has 0 atom stereocenters. The normalized spacial score (nSPS) is 9.67. The van der Waals surface area contributed by atoms with E-state index < -0.39 is 5.97 Å². The van der Waals surface area contributed by atoms with E-state index in [1.165, 1.54) is 36.5 Å². The molecule has 1 N–H and O–H groups in total. The fourth-order valence-corrected chi connectivity index (χ4v) is 2.54. The second-order valence-electron chi connectivity index (χ2n) is 5.85. The molecule has 2 aromatic carbocycles. The van der Waals surface area contributed by atoms with Crippen LogP contribution in [-0.2, 0) is 20.1 Å². The summed E-state index contributed by atoms with van der Waals surface area (Å²) in [6.07, 6.45) is 3.12. The third kappa shape index (κ3) is 6.11. The van der Waals surface area contributed by atoms with Crippen molar-refractivity contribution in [1.29, 1.82) is 0 Å². The number of carboxylic acids is 1. The van der Waals surface area contributed by atoms with Gasteiger partial charge in [-0.05, 0) is 36.0 Å². The molecule has 1 radical (unpaired) electrons. The van der Waals surface area contributed by atoms with E-state index in [0.717, 1.165) is 5.56 Å². The number of carbonyl (C=O) groups is 1. The van der Waals surface area contributed by atoms with Crippen molar-refractivity contribution in [3.05, 3.63) is 109 Å². The van der Waals surface area contributed by atoms with Crippen LogP contribution in [0.15, 0.2) is 85.2 Å². The smallest absolute Gasteiger partial charge is 0.354 e. The molecule has 30 heavy (non-hydrogen) atoms. The van der Waals surface area contributed by atoms with Crippen molar-refractivity contribution in [2.45, 2.75) is 0 Å². The summed E-state index contributed by atoms with van der Waals surface area (Å²) in [6.45, 7) is 0. The number of pyridine rings is 2. The molecule has 0 unspecified atom stereocenters. The molecule has 4 nitrogen and oxygen atoms in total. The topological polar surface area (TPSA) is 63.1 Å². The molecule has 153 valence electrons. The molecule has 0 saturated carbocycles. The van der Waals surface area contributed by atoms with Crippen molar-refractivity contribution < 1.29 is 38.8 Å². The van der Waals surface area contributed by atoms with E-state index >= 15 is 0 Å². The van der Waals surface area contributed by atoms with Gasteiger partial charge in [0.2, 0.25) is 0 Å². The summed E-state index contributed by atoms with van der Waals surface area (Å²) in [4.78, 5) is 18.0. The van der Waals surface area contributed by atoms with Crippen molar-refractivity contribution in [3.63, 3.8) is 0 Å². The van der Waals surface area contributed by atoms with E-state index in [9.17, 15) is 13.6 Å². The Kier molecular flexibility index (Phi) is 8.47. The van der Waals surface area contributed by atoms with Crippen LogP contribution in [-0.4, -0.2) is 21.0 Å². The number of carboxylic acid groups (broad SMARTS) is 1. The molecule has 0 bridgehead atoms. The fourth-order valence-electron chi connectivity index (χ4n) is 2.54. The molecule has 0 amide bonds. The number of benzene rings is 2. The van der Waals surface area contributed by atoms with Crippen LogP contribution < -0.4 is 0 Å². The average molecular weight is 582 g/mol. The van der Waals surface area contributed by atoms with Crippen LogP contribution in [0.25, 0.3) is 22.4 Å². The maximum Gasteiger partial charge on any atom is 0.354 e. The van der Waals surface area contributed by atoms with Crippen LogP contribution in [0.2, 0.25) is 0 Å². The Hall–Kier alpha value is -3.28. The second-order valence-corrected chi connectivity index (χ2v) is 5.85. The summed E-state index contributed by atoms with van der Waals surface area (Å²) in [7, 11) is 0. The molecule has 2 heterocycles. The van der Waals surface area contributed by atoms with E-state index in [2.05, 4.69) is 16.0 Å². The van der Waals surface area contributed by atoms with Gasteiger partial charge in [-0.15, -0.1) is 23.8 Å². The van der Waals surface area contributed by atoms with E-state index in [-0.39, 0.29) is 37.4 Å². The second kappa shape index (κ2) is 11.0. The first-order valence-electron chi connectivity index (χ1n) is 8.57. The number of aromatic carboxylic acids is 1. The fraction of sp³-hybridized carbons (Fsp3) is 0. The molecule has 0 aliphatic heterocycles. The molecule has 4 aromatic rings. The minimum atomic E-state index is -0.990. The molecule has 7 heteroatoms.